The first-order valence-electron chi connectivity index (χ1n) is 10.9. The number of sulfonamides is 1. The van der Waals surface area contributed by atoms with Crippen LogP contribution in [-0.2, 0) is 10.0 Å². The molecule has 1 N–H and O–H groups in total. The first kappa shape index (κ1) is 25.6. The van der Waals surface area contributed by atoms with Gasteiger partial charge in [-0.3, -0.25) is 9.71 Å². The first-order chi connectivity index (χ1) is 16.0. The van der Waals surface area contributed by atoms with Crippen molar-refractivity contribution in [3.63, 3.8) is 0 Å². The number of rotatable bonds is 9. The fourth-order valence-electron chi connectivity index (χ4n) is 2.90. The number of nitrogens with one attached hydrogen (secondary N) is 1. The van der Waals surface area contributed by atoms with Gasteiger partial charge in [0.05, 0.1) is 10.6 Å². The van der Waals surface area contributed by atoms with Crippen LogP contribution in [-0.4, -0.2) is 30.9 Å². The van der Waals surface area contributed by atoms with E-state index >= 15 is 0 Å². The van der Waals surface area contributed by atoms with Gasteiger partial charge in [0, 0.05) is 11.6 Å². The molecule has 0 radical (unpaired) electrons. The maximum atomic E-state index is 12.7. The summed E-state index contributed by atoms with van der Waals surface area (Å²) in [5.74, 6) is 0.738. The molecule has 0 fully saturated rings. The number of hydrogen-bond donors (Lipinski definition) is 1. The molecule has 3 aromatic rings. The molecular formula is C25H30N4O3S2. The molecule has 9 heteroatoms. The van der Waals surface area contributed by atoms with Gasteiger partial charge < -0.3 is 4.74 Å². The number of aliphatic imine (C=N–C) groups is 1. The zero-order chi connectivity index (χ0) is 24.9. The molecule has 2 aromatic carbocycles. The van der Waals surface area contributed by atoms with Crippen LogP contribution in [0.25, 0.3) is 0 Å². The lowest BCUT2D eigenvalue weighted by atomic mass is 10.1. The van der Waals surface area contributed by atoms with Crippen LogP contribution in [0.15, 0.2) is 69.7 Å². The second-order valence-electron chi connectivity index (χ2n) is 8.48. The van der Waals surface area contributed by atoms with E-state index in [0.29, 0.717) is 5.75 Å². The monoisotopic (exact) mass is 498 g/mol. The minimum Gasteiger partial charge on any atom is -0.487 e. The molecule has 0 saturated heterocycles. The maximum absolute atomic E-state index is 12.7. The molecule has 0 saturated carbocycles. The number of hydrogen-bond acceptors (Lipinski definition) is 7. The summed E-state index contributed by atoms with van der Waals surface area (Å²) in [5, 5.41) is 8.95. The van der Waals surface area contributed by atoms with Gasteiger partial charge in [0.1, 0.15) is 17.4 Å². The molecule has 7 nitrogen and oxygen atoms in total. The Kier molecular flexibility index (Phi) is 8.22. The lowest BCUT2D eigenvalue weighted by Gasteiger charge is -2.11. The van der Waals surface area contributed by atoms with Crippen molar-refractivity contribution in [3.8, 4) is 5.75 Å². The van der Waals surface area contributed by atoms with E-state index in [9.17, 15) is 8.42 Å². The van der Waals surface area contributed by atoms with Gasteiger partial charge in [0.2, 0.25) is 5.13 Å². The smallest absolute Gasteiger partial charge is 0.263 e. The summed E-state index contributed by atoms with van der Waals surface area (Å²) in [4.78, 5) is 4.88. The van der Waals surface area contributed by atoms with E-state index in [1.165, 1.54) is 29.0 Å². The van der Waals surface area contributed by atoms with Gasteiger partial charge in [-0.15, -0.1) is 10.2 Å². The van der Waals surface area contributed by atoms with Crippen molar-refractivity contribution in [3.05, 3.63) is 75.9 Å². The largest absolute Gasteiger partial charge is 0.487 e. The third-order valence-corrected chi connectivity index (χ3v) is 7.64. The first-order valence-corrected chi connectivity index (χ1v) is 13.2. The fourth-order valence-corrected chi connectivity index (χ4v) is 4.88. The highest BCUT2D eigenvalue weighted by Gasteiger charge is 2.18. The van der Waals surface area contributed by atoms with E-state index in [2.05, 4.69) is 46.1 Å². The van der Waals surface area contributed by atoms with E-state index in [1.54, 1.807) is 12.1 Å². The molecule has 180 valence electrons. The normalized spacial score (nSPS) is 12.0. The second kappa shape index (κ2) is 10.9. The predicted octanol–water partition coefficient (Wildman–Crippen LogP) is 5.95. The maximum Gasteiger partial charge on any atom is 0.263 e. The van der Waals surface area contributed by atoms with E-state index in [4.69, 9.17) is 9.73 Å². The Morgan fingerprint density at radius 1 is 1.03 bits per heavy atom. The number of aromatic nitrogens is 2. The molecule has 0 amide bonds. The van der Waals surface area contributed by atoms with Crippen LogP contribution in [0.4, 0.5) is 5.13 Å². The molecule has 34 heavy (non-hydrogen) atoms. The average molecular weight is 499 g/mol. The summed E-state index contributed by atoms with van der Waals surface area (Å²) in [6.07, 6.45) is 0. The molecular weight excluding hydrogens is 468 g/mol. The lowest BCUT2D eigenvalue weighted by molar-refractivity contribution is 0.349. The Bertz CT molecular complexity index is 1290. The fraction of sp³-hybridized carbons (Fsp3) is 0.320. The highest BCUT2D eigenvalue weighted by molar-refractivity contribution is 7.93. The van der Waals surface area contributed by atoms with E-state index in [-0.39, 0.29) is 22.6 Å². The van der Waals surface area contributed by atoms with Gasteiger partial charge >= 0.3 is 0 Å². The highest BCUT2D eigenvalue weighted by Crippen LogP contribution is 2.25. The molecule has 0 spiro atoms. The highest BCUT2D eigenvalue weighted by atomic mass is 32.2. The third kappa shape index (κ3) is 6.74. The molecule has 0 aliphatic heterocycles. The van der Waals surface area contributed by atoms with Gasteiger partial charge in [-0.1, -0.05) is 60.6 Å². The molecule has 1 heterocycles. The van der Waals surface area contributed by atoms with Gasteiger partial charge in [-0.05, 0) is 57.5 Å². The van der Waals surface area contributed by atoms with Gasteiger partial charge in [0.15, 0.2) is 0 Å². The van der Waals surface area contributed by atoms with Crippen molar-refractivity contribution in [2.75, 3.05) is 11.3 Å². The van der Waals surface area contributed by atoms with Crippen LogP contribution in [0.1, 0.15) is 56.7 Å². The predicted molar refractivity (Wildman–Crippen MR) is 139 cm³/mol. The minimum atomic E-state index is -3.77. The van der Waals surface area contributed by atoms with Crippen molar-refractivity contribution >= 4 is 32.2 Å². The van der Waals surface area contributed by atoms with Crippen molar-refractivity contribution in [2.24, 2.45) is 4.99 Å². The Labute approximate surface area is 205 Å². The lowest BCUT2D eigenvalue weighted by Crippen LogP contribution is -2.12. The Hall–Kier alpha value is -3.04. The zero-order valence-corrected chi connectivity index (χ0v) is 21.9. The van der Waals surface area contributed by atoms with E-state index in [0.717, 1.165) is 27.6 Å². The Balaban J connectivity index is 1.67. The van der Waals surface area contributed by atoms with Crippen LogP contribution >= 0.6 is 11.3 Å². The minimum absolute atomic E-state index is 0.122. The number of ether oxygens (including phenoxy) is 1. The summed E-state index contributed by atoms with van der Waals surface area (Å²) in [6.45, 7) is 12.2. The zero-order valence-electron chi connectivity index (χ0n) is 20.3. The quantitative estimate of drug-likeness (QED) is 0.368. The average Bonchev–Trinajstić information content (AvgIpc) is 3.25. The number of anilines is 1. The summed E-state index contributed by atoms with van der Waals surface area (Å²) < 4.78 is 33.8. The molecule has 0 aliphatic carbocycles. The number of benzene rings is 2. The molecule has 3 rings (SSSR count). The molecule has 0 unspecified atom stereocenters. The molecule has 0 atom stereocenters. The number of aryl methyl sites for hydroxylation is 1. The van der Waals surface area contributed by atoms with E-state index in [1.807, 2.05) is 34.6 Å². The van der Waals surface area contributed by atoms with Crippen molar-refractivity contribution in [2.45, 2.75) is 52.4 Å². The second-order valence-corrected chi connectivity index (χ2v) is 11.2. The molecule has 0 aliphatic rings. The van der Waals surface area contributed by atoms with Crippen molar-refractivity contribution in [1.82, 2.24) is 10.2 Å². The standard InChI is InChI=1S/C25H30N4O3S2/c1-16(2)23(26-19(6)20-9-7-18(5)8-10-20)15-32-21-11-13-22(14-12-21)34(30,31)29-25-28-27-24(33-25)17(3)4/h7-14,17H,15H2,1-6H3,(H,28,29). The SMILES string of the molecule is CC(=NC(COc1ccc(S(=O)(=O)Nc2nnc(C(C)C)s2)cc1)=C(C)C)c1ccc(C)cc1. The van der Waals surface area contributed by atoms with Crippen LogP contribution in [0.3, 0.4) is 0 Å². The number of allylic oxidation sites excluding steroid dienone is 1. The van der Waals surface area contributed by atoms with Gasteiger partial charge in [-0.2, -0.15) is 0 Å². The number of nitrogens with zero attached hydrogens (tertiary/aromatic N) is 3. The van der Waals surface area contributed by atoms with Gasteiger partial charge in [0.25, 0.3) is 10.0 Å². The molecule has 1 aromatic heterocycles. The van der Waals surface area contributed by atoms with Crippen LogP contribution in [0.5, 0.6) is 5.75 Å². The summed E-state index contributed by atoms with van der Waals surface area (Å²) in [5.41, 5.74) is 5.04. The van der Waals surface area contributed by atoms with Crippen molar-refractivity contribution in [1.29, 1.82) is 0 Å². The summed E-state index contributed by atoms with van der Waals surface area (Å²) in [7, 11) is -3.77. The van der Waals surface area contributed by atoms with Crippen molar-refractivity contribution < 1.29 is 13.2 Å². The summed E-state index contributed by atoms with van der Waals surface area (Å²) in [6, 6.07) is 14.5. The Morgan fingerprint density at radius 2 is 1.68 bits per heavy atom. The topological polar surface area (TPSA) is 93.5 Å². The Morgan fingerprint density at radius 3 is 2.24 bits per heavy atom. The van der Waals surface area contributed by atoms with E-state index < -0.39 is 10.0 Å². The third-order valence-electron chi connectivity index (χ3n) is 5.01. The van der Waals surface area contributed by atoms with Crippen LogP contribution < -0.4 is 9.46 Å². The van der Waals surface area contributed by atoms with Gasteiger partial charge in [-0.25, -0.2) is 8.42 Å². The van der Waals surface area contributed by atoms with Crippen LogP contribution in [0, 0.1) is 6.92 Å². The summed E-state index contributed by atoms with van der Waals surface area (Å²) >= 11 is 1.23. The van der Waals surface area contributed by atoms with Crippen LogP contribution in [0.2, 0.25) is 0 Å². The molecule has 0 bridgehead atoms.